The van der Waals surface area contributed by atoms with Gasteiger partial charge in [0.1, 0.15) is 0 Å². The van der Waals surface area contributed by atoms with E-state index in [9.17, 15) is 9.90 Å². The summed E-state index contributed by atoms with van der Waals surface area (Å²) in [5.41, 5.74) is 1.95. The molecule has 7 heteroatoms. The van der Waals surface area contributed by atoms with E-state index in [2.05, 4.69) is 22.9 Å². The fraction of sp³-hybridized carbons (Fsp3) is 0.636. The van der Waals surface area contributed by atoms with Crippen LogP contribution in [0.4, 0.5) is 0 Å². The van der Waals surface area contributed by atoms with Crippen molar-refractivity contribution >= 4 is 35.8 Å². The van der Waals surface area contributed by atoms with Crippen LogP contribution in [0.2, 0.25) is 0 Å². The van der Waals surface area contributed by atoms with Gasteiger partial charge < -0.3 is 21.1 Å². The van der Waals surface area contributed by atoms with Crippen molar-refractivity contribution in [3.63, 3.8) is 0 Å². The van der Waals surface area contributed by atoms with Gasteiger partial charge in [-0.25, -0.2) is 0 Å². The van der Waals surface area contributed by atoms with E-state index in [-0.39, 0.29) is 41.9 Å². The summed E-state index contributed by atoms with van der Waals surface area (Å²) >= 11 is 0. The Bertz CT molecular complexity index is 640. The third-order valence-electron chi connectivity index (χ3n) is 5.60. The lowest BCUT2D eigenvalue weighted by Crippen LogP contribution is -2.40. The second kappa shape index (κ2) is 13.8. The van der Waals surface area contributed by atoms with E-state index < -0.39 is 0 Å². The molecule has 0 heterocycles. The van der Waals surface area contributed by atoms with Crippen molar-refractivity contribution in [2.75, 3.05) is 33.3 Å². The summed E-state index contributed by atoms with van der Waals surface area (Å²) in [5.74, 6) is 0.763. The molecule has 29 heavy (non-hydrogen) atoms. The lowest BCUT2D eigenvalue weighted by atomic mass is 9.72. The number of aliphatic hydroxyl groups is 1. The maximum atomic E-state index is 11.8. The van der Waals surface area contributed by atoms with Crippen LogP contribution in [0.5, 0.6) is 0 Å². The molecule has 0 saturated heterocycles. The third kappa shape index (κ3) is 8.50. The van der Waals surface area contributed by atoms with E-state index in [0.29, 0.717) is 5.56 Å². The smallest absolute Gasteiger partial charge is 0.251 e. The Morgan fingerprint density at radius 2 is 1.97 bits per heavy atom. The molecule has 6 nitrogen and oxygen atoms in total. The van der Waals surface area contributed by atoms with Gasteiger partial charge in [0.15, 0.2) is 5.96 Å². The Morgan fingerprint density at radius 1 is 1.21 bits per heavy atom. The van der Waals surface area contributed by atoms with E-state index in [1.807, 2.05) is 24.3 Å². The fourth-order valence-corrected chi connectivity index (χ4v) is 3.95. The third-order valence-corrected chi connectivity index (χ3v) is 5.60. The van der Waals surface area contributed by atoms with Gasteiger partial charge in [-0.1, -0.05) is 31.4 Å². The number of nitrogens with one attached hydrogen (secondary N) is 3. The number of guanidine groups is 1. The highest BCUT2D eigenvalue weighted by atomic mass is 127. The van der Waals surface area contributed by atoms with Crippen LogP contribution >= 0.6 is 24.0 Å². The van der Waals surface area contributed by atoms with Crippen molar-refractivity contribution in [2.24, 2.45) is 10.4 Å². The van der Waals surface area contributed by atoms with Crippen LogP contribution in [-0.2, 0) is 6.42 Å². The van der Waals surface area contributed by atoms with Crippen molar-refractivity contribution in [1.82, 2.24) is 16.0 Å². The number of nitrogens with zero attached hydrogens (tertiary/aromatic N) is 1. The Kier molecular flexibility index (Phi) is 12.2. The van der Waals surface area contributed by atoms with Gasteiger partial charge in [-0.3, -0.25) is 9.79 Å². The lowest BCUT2D eigenvalue weighted by molar-refractivity contribution is 0.0963. The van der Waals surface area contributed by atoms with Gasteiger partial charge in [-0.2, -0.15) is 0 Å². The number of aliphatic hydroxyl groups excluding tert-OH is 1. The lowest BCUT2D eigenvalue weighted by Gasteiger charge is -2.35. The highest BCUT2D eigenvalue weighted by molar-refractivity contribution is 14.0. The summed E-state index contributed by atoms with van der Waals surface area (Å²) in [6.45, 7) is 4.62. The van der Waals surface area contributed by atoms with Gasteiger partial charge in [0.25, 0.3) is 5.91 Å². The Hall–Kier alpha value is -1.35. The molecule has 0 spiro atoms. The van der Waals surface area contributed by atoms with Crippen molar-refractivity contribution in [3.8, 4) is 0 Å². The molecule has 164 valence electrons. The average Bonchev–Trinajstić information content (AvgIpc) is 2.72. The molecule has 1 saturated carbocycles. The van der Waals surface area contributed by atoms with Gasteiger partial charge in [0.05, 0.1) is 0 Å². The van der Waals surface area contributed by atoms with Crippen LogP contribution in [0.15, 0.2) is 29.3 Å². The van der Waals surface area contributed by atoms with Gasteiger partial charge in [-0.05, 0) is 55.7 Å². The van der Waals surface area contributed by atoms with E-state index in [0.717, 1.165) is 56.8 Å². The first-order chi connectivity index (χ1) is 13.6. The number of hydrogen-bond acceptors (Lipinski definition) is 3. The van der Waals surface area contributed by atoms with E-state index in [1.165, 1.54) is 19.3 Å². The van der Waals surface area contributed by atoms with Crippen LogP contribution in [-0.4, -0.2) is 50.3 Å². The fourth-order valence-electron chi connectivity index (χ4n) is 3.95. The number of carbonyl (C=O) groups excluding carboxylic acids is 1. The molecular formula is C22H37IN4O2. The minimum Gasteiger partial charge on any atom is -0.396 e. The van der Waals surface area contributed by atoms with E-state index >= 15 is 0 Å². The largest absolute Gasteiger partial charge is 0.396 e. The Balaban J connectivity index is 0.00000420. The molecule has 1 aliphatic carbocycles. The van der Waals surface area contributed by atoms with Gasteiger partial charge in [0.2, 0.25) is 0 Å². The highest BCUT2D eigenvalue weighted by Gasteiger charge is 2.31. The van der Waals surface area contributed by atoms with Gasteiger partial charge in [-0.15, -0.1) is 24.0 Å². The number of carbonyl (C=O) groups is 1. The van der Waals surface area contributed by atoms with Crippen molar-refractivity contribution in [2.45, 2.75) is 51.9 Å². The van der Waals surface area contributed by atoms with E-state index in [1.54, 1.807) is 7.05 Å². The standard InChI is InChI=1S/C22H36N4O2.HI/c1-3-24-21(26-17-22(13-15-27)11-5-4-6-12-22)25-14-10-18-8-7-9-19(16-18)20(28)23-2;/h7-9,16,27H,3-6,10-15,17H2,1-2H3,(H,23,28)(H2,24,25,26);1H. The van der Waals surface area contributed by atoms with Crippen molar-refractivity contribution in [1.29, 1.82) is 0 Å². The summed E-state index contributed by atoms with van der Waals surface area (Å²) in [4.78, 5) is 16.6. The predicted molar refractivity (Wildman–Crippen MR) is 130 cm³/mol. The molecule has 1 amide bonds. The molecule has 0 bridgehead atoms. The zero-order chi connectivity index (χ0) is 20.2. The first kappa shape index (κ1) is 25.7. The Labute approximate surface area is 192 Å². The summed E-state index contributed by atoms with van der Waals surface area (Å²) in [6, 6.07) is 7.71. The predicted octanol–water partition coefficient (Wildman–Crippen LogP) is 3.09. The first-order valence-corrected chi connectivity index (χ1v) is 10.6. The molecule has 0 radical (unpaired) electrons. The number of halogens is 1. The molecule has 1 fully saturated rings. The molecule has 1 aliphatic rings. The quantitative estimate of drug-likeness (QED) is 0.231. The van der Waals surface area contributed by atoms with Gasteiger partial charge >= 0.3 is 0 Å². The SMILES string of the molecule is CCNC(=NCC1(CCO)CCCCC1)NCCc1cccc(C(=O)NC)c1.I. The summed E-state index contributed by atoms with van der Waals surface area (Å²) < 4.78 is 0. The topological polar surface area (TPSA) is 85.8 Å². The molecule has 0 unspecified atom stereocenters. The van der Waals surface area contributed by atoms with Crippen molar-refractivity contribution < 1.29 is 9.90 Å². The minimum absolute atomic E-state index is 0. The maximum Gasteiger partial charge on any atom is 0.251 e. The van der Waals surface area contributed by atoms with Crippen LogP contribution < -0.4 is 16.0 Å². The van der Waals surface area contributed by atoms with Crippen LogP contribution in [0.1, 0.15) is 61.4 Å². The molecule has 4 N–H and O–H groups in total. The second-order valence-corrected chi connectivity index (χ2v) is 7.69. The highest BCUT2D eigenvalue weighted by Crippen LogP contribution is 2.39. The summed E-state index contributed by atoms with van der Waals surface area (Å²) in [6.07, 6.45) is 7.73. The van der Waals surface area contributed by atoms with Crippen LogP contribution in [0.25, 0.3) is 0 Å². The number of amides is 1. The molecule has 2 rings (SSSR count). The summed E-state index contributed by atoms with van der Waals surface area (Å²) in [5, 5.41) is 18.9. The monoisotopic (exact) mass is 516 g/mol. The number of benzene rings is 1. The van der Waals surface area contributed by atoms with Gasteiger partial charge in [0, 0.05) is 38.9 Å². The van der Waals surface area contributed by atoms with Crippen molar-refractivity contribution in [3.05, 3.63) is 35.4 Å². The average molecular weight is 516 g/mol. The number of rotatable bonds is 9. The van der Waals surface area contributed by atoms with E-state index in [4.69, 9.17) is 4.99 Å². The first-order valence-electron chi connectivity index (χ1n) is 10.6. The number of aliphatic imine (C=N–C) groups is 1. The molecular weight excluding hydrogens is 479 g/mol. The zero-order valence-electron chi connectivity index (χ0n) is 17.8. The minimum atomic E-state index is -0.0635. The van der Waals surface area contributed by atoms with Crippen LogP contribution in [0.3, 0.4) is 0 Å². The molecule has 0 aromatic heterocycles. The second-order valence-electron chi connectivity index (χ2n) is 7.69. The zero-order valence-corrected chi connectivity index (χ0v) is 20.1. The molecule has 0 atom stereocenters. The maximum absolute atomic E-state index is 11.8. The Morgan fingerprint density at radius 3 is 2.62 bits per heavy atom. The van der Waals surface area contributed by atoms with Crippen LogP contribution in [0, 0.1) is 5.41 Å². The molecule has 0 aliphatic heterocycles. The normalized spacial score (nSPS) is 15.9. The number of hydrogen-bond donors (Lipinski definition) is 4. The summed E-state index contributed by atoms with van der Waals surface area (Å²) in [7, 11) is 1.64. The molecule has 1 aromatic rings. The molecule has 1 aromatic carbocycles.